The van der Waals surface area contributed by atoms with E-state index < -0.39 is 0 Å². The summed E-state index contributed by atoms with van der Waals surface area (Å²) in [5, 5.41) is 0. The maximum Gasteiger partial charge on any atom is 0.0420 e. The summed E-state index contributed by atoms with van der Waals surface area (Å²) in [7, 11) is 1.89. The van der Waals surface area contributed by atoms with Crippen molar-refractivity contribution in [2.24, 2.45) is 33.9 Å². The van der Waals surface area contributed by atoms with Crippen molar-refractivity contribution in [2.45, 2.75) is 39.5 Å². The van der Waals surface area contributed by atoms with Crippen LogP contribution in [0.2, 0.25) is 0 Å². The van der Waals surface area contributed by atoms with Crippen molar-refractivity contribution in [3.8, 4) is 11.8 Å². The third-order valence-corrected chi connectivity index (χ3v) is 5.84. The minimum absolute atomic E-state index is 0.206. The molecule has 0 amide bonds. The van der Waals surface area contributed by atoms with E-state index >= 15 is 0 Å². The molecule has 0 heterocycles. The molecule has 3 rings (SSSR count). The lowest BCUT2D eigenvalue weighted by atomic mass is 9.52. The lowest BCUT2D eigenvalue weighted by Gasteiger charge is -2.52. The molecule has 2 atom stereocenters. The van der Waals surface area contributed by atoms with E-state index in [1.54, 1.807) is 0 Å². The van der Waals surface area contributed by atoms with Crippen molar-refractivity contribution < 1.29 is 0 Å². The molecule has 24 heavy (non-hydrogen) atoms. The maximum atomic E-state index is 5.94. The lowest BCUT2D eigenvalue weighted by Crippen LogP contribution is -2.47. The lowest BCUT2D eigenvalue weighted by molar-refractivity contribution is 0.00895. The van der Waals surface area contributed by atoms with Gasteiger partial charge in [-0.2, -0.15) is 0 Å². The number of aliphatic imine (C=N–C) groups is 1. The molecular formula is C22H28N2. The van der Waals surface area contributed by atoms with Gasteiger partial charge in [-0.15, -0.1) is 0 Å². The first-order chi connectivity index (χ1) is 11.4. The second kappa shape index (κ2) is 6.48. The van der Waals surface area contributed by atoms with Gasteiger partial charge in [-0.25, -0.2) is 0 Å². The molecule has 2 N–H and O–H groups in total. The van der Waals surface area contributed by atoms with Crippen LogP contribution in [0, 0.1) is 35.0 Å². The first kappa shape index (κ1) is 16.8. The van der Waals surface area contributed by atoms with Crippen molar-refractivity contribution in [3.63, 3.8) is 0 Å². The summed E-state index contributed by atoms with van der Waals surface area (Å²) >= 11 is 0. The van der Waals surface area contributed by atoms with Crippen molar-refractivity contribution in [2.75, 3.05) is 7.05 Å². The Balaban J connectivity index is 1.67. The highest BCUT2D eigenvalue weighted by Crippen LogP contribution is 2.54. The van der Waals surface area contributed by atoms with Gasteiger partial charge in [0.25, 0.3) is 0 Å². The summed E-state index contributed by atoms with van der Waals surface area (Å²) in [6, 6.07) is 8.55. The predicted molar refractivity (Wildman–Crippen MR) is 102 cm³/mol. The summed E-state index contributed by atoms with van der Waals surface area (Å²) in [5.74, 6) is 8.26. The minimum Gasteiger partial charge on any atom is -0.402 e. The highest BCUT2D eigenvalue weighted by atomic mass is 14.7. The number of hydrogen-bond acceptors (Lipinski definition) is 2. The van der Waals surface area contributed by atoms with Gasteiger partial charge in [0, 0.05) is 35.9 Å². The van der Waals surface area contributed by atoms with Gasteiger partial charge >= 0.3 is 0 Å². The molecule has 2 unspecified atom stereocenters. The summed E-state index contributed by atoms with van der Waals surface area (Å²) in [5.41, 5.74) is 10.5. The maximum absolute atomic E-state index is 5.94. The van der Waals surface area contributed by atoms with E-state index in [9.17, 15) is 0 Å². The Morgan fingerprint density at radius 1 is 1.29 bits per heavy atom. The Morgan fingerprint density at radius 3 is 2.46 bits per heavy atom. The van der Waals surface area contributed by atoms with E-state index in [0.717, 1.165) is 24.1 Å². The third-order valence-electron chi connectivity index (χ3n) is 5.84. The molecular weight excluding hydrogens is 292 g/mol. The highest BCUT2D eigenvalue weighted by Gasteiger charge is 2.48. The van der Waals surface area contributed by atoms with Crippen molar-refractivity contribution in [1.82, 2.24) is 0 Å². The van der Waals surface area contributed by atoms with Crippen molar-refractivity contribution >= 4 is 5.71 Å². The van der Waals surface area contributed by atoms with E-state index in [2.05, 4.69) is 61.5 Å². The van der Waals surface area contributed by atoms with Crippen LogP contribution in [-0.2, 0) is 0 Å². The smallest absolute Gasteiger partial charge is 0.0420 e. The molecule has 0 aliphatic heterocycles. The van der Waals surface area contributed by atoms with E-state index in [4.69, 9.17) is 5.73 Å². The Kier molecular flexibility index (Phi) is 4.54. The van der Waals surface area contributed by atoms with E-state index in [0.29, 0.717) is 17.8 Å². The van der Waals surface area contributed by atoms with Crippen LogP contribution in [0.25, 0.3) is 0 Å². The fraction of sp³-hybridized carbons (Fsp3) is 0.500. The van der Waals surface area contributed by atoms with Gasteiger partial charge < -0.3 is 5.73 Å². The fourth-order valence-corrected chi connectivity index (χ4v) is 3.72. The molecule has 2 saturated carbocycles. The molecule has 0 radical (unpaired) electrons. The Hall–Kier alpha value is -2.01. The predicted octanol–water partition coefficient (Wildman–Crippen LogP) is 4.39. The van der Waals surface area contributed by atoms with Gasteiger partial charge in [0.15, 0.2) is 0 Å². The van der Waals surface area contributed by atoms with E-state index in [-0.39, 0.29) is 5.41 Å². The number of nitrogens with zero attached hydrogens (tertiary/aromatic N) is 1. The van der Waals surface area contributed by atoms with E-state index in [1.807, 2.05) is 7.05 Å². The largest absolute Gasteiger partial charge is 0.402 e. The van der Waals surface area contributed by atoms with Crippen LogP contribution in [0.1, 0.15) is 50.7 Å². The van der Waals surface area contributed by atoms with Gasteiger partial charge in [-0.05, 0) is 54.7 Å². The number of allylic oxidation sites excluding steroid dienone is 1. The quantitative estimate of drug-likeness (QED) is 0.648. The molecule has 2 nitrogen and oxygen atoms in total. The average molecular weight is 320 g/mol. The zero-order valence-corrected chi connectivity index (χ0v) is 15.1. The van der Waals surface area contributed by atoms with Crippen LogP contribution in [0.15, 0.2) is 41.5 Å². The van der Waals surface area contributed by atoms with Crippen LogP contribution in [-0.4, -0.2) is 12.8 Å². The van der Waals surface area contributed by atoms with Crippen LogP contribution < -0.4 is 5.73 Å². The summed E-state index contributed by atoms with van der Waals surface area (Å²) < 4.78 is 0. The molecule has 1 aromatic rings. The summed E-state index contributed by atoms with van der Waals surface area (Å²) in [6.45, 7) is 8.54. The minimum atomic E-state index is 0.206. The standard InChI is InChI=1S/C22H28N2/c1-15(23)20-13-19(22(20,2)3)14-21(24-4)18-11-9-17(10-12-18)8-7-16-5-6-16/h9-12,16,19-20H,1,5-6,13-14,23H2,2-4H3/b24-21+. The monoisotopic (exact) mass is 320 g/mol. The molecule has 0 spiro atoms. The molecule has 0 saturated heterocycles. The first-order valence-electron chi connectivity index (χ1n) is 8.93. The van der Waals surface area contributed by atoms with Crippen LogP contribution in [0.4, 0.5) is 0 Å². The molecule has 126 valence electrons. The molecule has 2 heteroatoms. The number of nitrogens with two attached hydrogens (primary N) is 1. The van der Waals surface area contributed by atoms with Gasteiger partial charge in [-0.1, -0.05) is 44.4 Å². The molecule has 0 aromatic heterocycles. The molecule has 0 bridgehead atoms. The SMILES string of the molecule is C=C(N)C1CC(C/C(=N\C)c2ccc(C#CC3CC3)cc2)C1(C)C. The van der Waals surface area contributed by atoms with Gasteiger partial charge in [0.1, 0.15) is 0 Å². The van der Waals surface area contributed by atoms with Crippen molar-refractivity contribution in [3.05, 3.63) is 47.7 Å². The summed E-state index contributed by atoms with van der Waals surface area (Å²) in [6.07, 6.45) is 4.66. The average Bonchev–Trinajstić information content (AvgIpc) is 3.37. The summed E-state index contributed by atoms with van der Waals surface area (Å²) in [4.78, 5) is 4.56. The topological polar surface area (TPSA) is 38.4 Å². The molecule has 2 fully saturated rings. The van der Waals surface area contributed by atoms with Gasteiger partial charge in [0.2, 0.25) is 0 Å². The highest BCUT2D eigenvalue weighted by molar-refractivity contribution is 6.00. The second-order valence-corrected chi connectivity index (χ2v) is 7.88. The zero-order chi connectivity index (χ0) is 17.3. The number of benzene rings is 1. The third kappa shape index (κ3) is 3.41. The molecule has 2 aliphatic carbocycles. The number of rotatable bonds is 4. The van der Waals surface area contributed by atoms with Gasteiger partial charge in [-0.3, -0.25) is 4.99 Å². The Bertz CT molecular complexity index is 709. The van der Waals surface area contributed by atoms with Crippen LogP contribution in [0.3, 0.4) is 0 Å². The van der Waals surface area contributed by atoms with Crippen LogP contribution >= 0.6 is 0 Å². The van der Waals surface area contributed by atoms with Gasteiger partial charge in [0.05, 0.1) is 0 Å². The van der Waals surface area contributed by atoms with Crippen molar-refractivity contribution in [1.29, 1.82) is 0 Å². The first-order valence-corrected chi connectivity index (χ1v) is 8.93. The Labute approximate surface area is 146 Å². The molecule has 1 aromatic carbocycles. The van der Waals surface area contributed by atoms with Crippen LogP contribution in [0.5, 0.6) is 0 Å². The normalized spacial score (nSPS) is 25.4. The zero-order valence-electron chi connectivity index (χ0n) is 15.1. The fourth-order valence-electron chi connectivity index (χ4n) is 3.72. The number of hydrogen-bond donors (Lipinski definition) is 1. The van der Waals surface area contributed by atoms with E-state index in [1.165, 1.54) is 24.1 Å². The Morgan fingerprint density at radius 2 is 1.96 bits per heavy atom. The molecule has 2 aliphatic rings. The second-order valence-electron chi connectivity index (χ2n) is 7.88.